The van der Waals surface area contributed by atoms with Gasteiger partial charge in [-0.2, -0.15) is 0 Å². The molecule has 0 saturated heterocycles. The van der Waals surface area contributed by atoms with Crippen molar-refractivity contribution in [2.75, 3.05) is 0 Å². The molecule has 2 N–H and O–H groups in total. The van der Waals surface area contributed by atoms with Crippen LogP contribution in [0.2, 0.25) is 5.02 Å². The number of benzene rings is 3. The maximum Gasteiger partial charge on any atom is 0.142 e. The number of hydrogen-bond acceptors (Lipinski definition) is 5. The van der Waals surface area contributed by atoms with Crippen LogP contribution in [-0.2, 0) is 0 Å². The number of aromatic nitrogens is 1. The SMILES string of the molecule is Oc1ccc(N=Cc2cccc(Cl)c2O)cc1-c1nc2ccccc2s1. The number of rotatable bonds is 3. The first-order valence-corrected chi connectivity index (χ1v) is 9.02. The summed E-state index contributed by atoms with van der Waals surface area (Å²) in [6, 6.07) is 18.0. The van der Waals surface area contributed by atoms with Gasteiger partial charge < -0.3 is 10.2 Å². The van der Waals surface area contributed by atoms with Crippen molar-refractivity contribution in [2.45, 2.75) is 0 Å². The third-order valence-corrected chi connectivity index (χ3v) is 5.25. The molecule has 0 aliphatic carbocycles. The van der Waals surface area contributed by atoms with Crippen molar-refractivity contribution in [2.24, 2.45) is 4.99 Å². The molecule has 0 unspecified atom stereocenters. The van der Waals surface area contributed by atoms with Crippen molar-refractivity contribution < 1.29 is 10.2 Å². The summed E-state index contributed by atoms with van der Waals surface area (Å²) in [6.07, 6.45) is 1.54. The Kier molecular flexibility index (Phi) is 4.32. The lowest BCUT2D eigenvalue weighted by Crippen LogP contribution is -1.83. The average molecular weight is 381 g/mol. The molecule has 3 aromatic carbocycles. The van der Waals surface area contributed by atoms with E-state index in [0.29, 0.717) is 16.8 Å². The van der Waals surface area contributed by atoms with Gasteiger partial charge in [-0.25, -0.2) is 4.98 Å². The summed E-state index contributed by atoms with van der Waals surface area (Å²) >= 11 is 7.42. The van der Waals surface area contributed by atoms with E-state index in [9.17, 15) is 10.2 Å². The summed E-state index contributed by atoms with van der Waals surface area (Å²) in [5.74, 6) is 0.136. The van der Waals surface area contributed by atoms with Crippen LogP contribution in [0.4, 0.5) is 5.69 Å². The van der Waals surface area contributed by atoms with Crippen molar-refractivity contribution >= 4 is 45.1 Å². The van der Waals surface area contributed by atoms with E-state index in [4.69, 9.17) is 11.6 Å². The summed E-state index contributed by atoms with van der Waals surface area (Å²) < 4.78 is 1.06. The Labute approximate surface area is 158 Å². The molecule has 1 heterocycles. The van der Waals surface area contributed by atoms with E-state index in [-0.39, 0.29) is 16.5 Å². The number of phenols is 2. The third kappa shape index (κ3) is 3.14. The molecule has 0 fully saturated rings. The van der Waals surface area contributed by atoms with Crippen LogP contribution in [-0.4, -0.2) is 21.4 Å². The molecule has 1 aromatic heterocycles. The van der Waals surface area contributed by atoms with Gasteiger partial charge in [0.05, 0.1) is 26.5 Å². The summed E-state index contributed by atoms with van der Waals surface area (Å²) in [4.78, 5) is 8.96. The minimum absolute atomic E-state index is 0.0110. The molecule has 0 aliphatic rings. The van der Waals surface area contributed by atoms with Crippen LogP contribution in [0.1, 0.15) is 5.56 Å². The smallest absolute Gasteiger partial charge is 0.142 e. The summed E-state index contributed by atoms with van der Waals surface area (Å²) in [5.41, 5.74) is 2.67. The van der Waals surface area contributed by atoms with E-state index in [1.165, 1.54) is 17.6 Å². The van der Waals surface area contributed by atoms with Crippen LogP contribution in [0.25, 0.3) is 20.8 Å². The molecule has 0 aliphatic heterocycles. The van der Waals surface area contributed by atoms with Crippen molar-refractivity contribution in [1.82, 2.24) is 4.98 Å². The van der Waals surface area contributed by atoms with Crippen LogP contribution >= 0.6 is 22.9 Å². The van der Waals surface area contributed by atoms with Crippen molar-refractivity contribution in [1.29, 1.82) is 0 Å². The molecular weight excluding hydrogens is 368 g/mol. The van der Waals surface area contributed by atoms with Gasteiger partial charge in [-0.05, 0) is 42.5 Å². The molecule has 6 heteroatoms. The lowest BCUT2D eigenvalue weighted by Gasteiger charge is -2.03. The molecule has 0 spiro atoms. The maximum absolute atomic E-state index is 10.2. The summed E-state index contributed by atoms with van der Waals surface area (Å²) in [7, 11) is 0. The van der Waals surface area contributed by atoms with Gasteiger partial charge in [-0.15, -0.1) is 11.3 Å². The Balaban J connectivity index is 1.72. The fourth-order valence-electron chi connectivity index (χ4n) is 2.54. The van der Waals surface area contributed by atoms with Crippen LogP contribution < -0.4 is 0 Å². The van der Waals surface area contributed by atoms with Gasteiger partial charge in [0.25, 0.3) is 0 Å². The molecule has 0 amide bonds. The Hall–Kier alpha value is -2.89. The quantitative estimate of drug-likeness (QED) is 0.443. The number of thiazole rings is 1. The highest BCUT2D eigenvalue weighted by molar-refractivity contribution is 7.21. The number of phenolic OH excluding ortho intramolecular Hbond substituents is 2. The number of nitrogens with zero attached hydrogens (tertiary/aromatic N) is 2. The molecule has 0 saturated carbocycles. The predicted molar refractivity (Wildman–Crippen MR) is 107 cm³/mol. The minimum Gasteiger partial charge on any atom is -0.507 e. The normalized spacial score (nSPS) is 11.4. The predicted octanol–water partition coefficient (Wildman–Crippen LogP) is 5.78. The van der Waals surface area contributed by atoms with Gasteiger partial charge in [-0.3, -0.25) is 4.99 Å². The van der Waals surface area contributed by atoms with Crippen LogP contribution in [0.15, 0.2) is 65.7 Å². The molecule has 26 heavy (non-hydrogen) atoms. The molecule has 0 atom stereocenters. The van der Waals surface area contributed by atoms with Gasteiger partial charge in [0.1, 0.15) is 16.5 Å². The average Bonchev–Trinajstić information content (AvgIpc) is 3.08. The minimum atomic E-state index is -0.0110. The highest BCUT2D eigenvalue weighted by Crippen LogP contribution is 2.37. The topological polar surface area (TPSA) is 65.7 Å². The summed E-state index contributed by atoms with van der Waals surface area (Å²) in [6.45, 7) is 0. The van der Waals surface area contributed by atoms with Crippen LogP contribution in [0.3, 0.4) is 0 Å². The second-order valence-electron chi connectivity index (χ2n) is 5.62. The van der Waals surface area contributed by atoms with E-state index in [1.807, 2.05) is 24.3 Å². The first-order valence-electron chi connectivity index (χ1n) is 7.82. The number of hydrogen-bond donors (Lipinski definition) is 2. The number of fused-ring (bicyclic) bond motifs is 1. The van der Waals surface area contributed by atoms with Gasteiger partial charge in [0, 0.05) is 11.8 Å². The molecular formula is C20H13ClN2O2S. The van der Waals surface area contributed by atoms with E-state index in [0.717, 1.165) is 15.2 Å². The van der Waals surface area contributed by atoms with Crippen LogP contribution in [0.5, 0.6) is 11.5 Å². The zero-order valence-electron chi connectivity index (χ0n) is 13.4. The fraction of sp³-hybridized carbons (Fsp3) is 0. The monoisotopic (exact) mass is 380 g/mol. The van der Waals surface area contributed by atoms with Crippen molar-refractivity contribution in [3.63, 3.8) is 0 Å². The standard InChI is InChI=1S/C20H13ClN2O2S/c21-15-5-3-4-12(19(15)25)11-22-13-8-9-17(24)14(10-13)20-23-16-6-1-2-7-18(16)26-20/h1-11,24-25H. The maximum atomic E-state index is 10.2. The molecule has 4 rings (SSSR count). The first-order chi connectivity index (χ1) is 12.6. The largest absolute Gasteiger partial charge is 0.507 e. The first kappa shape index (κ1) is 16.6. The fourth-order valence-corrected chi connectivity index (χ4v) is 3.72. The lowest BCUT2D eigenvalue weighted by atomic mass is 10.2. The van der Waals surface area contributed by atoms with E-state index in [2.05, 4.69) is 9.98 Å². The Bertz CT molecular complexity index is 1100. The number of aliphatic imine (C=N–C) groups is 1. The van der Waals surface area contributed by atoms with Crippen molar-refractivity contribution in [3.8, 4) is 22.1 Å². The van der Waals surface area contributed by atoms with Crippen molar-refractivity contribution in [3.05, 3.63) is 71.2 Å². The molecule has 4 aromatic rings. The van der Waals surface area contributed by atoms with E-state index in [1.54, 1.807) is 36.4 Å². The molecule has 128 valence electrons. The number of aromatic hydroxyl groups is 2. The van der Waals surface area contributed by atoms with Gasteiger partial charge in [0.15, 0.2) is 0 Å². The van der Waals surface area contributed by atoms with E-state index < -0.39 is 0 Å². The molecule has 0 bridgehead atoms. The van der Waals surface area contributed by atoms with Gasteiger partial charge in [-0.1, -0.05) is 29.8 Å². The Morgan fingerprint density at radius 2 is 1.85 bits per heavy atom. The van der Waals surface area contributed by atoms with Gasteiger partial charge >= 0.3 is 0 Å². The zero-order valence-corrected chi connectivity index (χ0v) is 15.0. The lowest BCUT2D eigenvalue weighted by molar-refractivity contribution is 0.474. The number of halogens is 1. The highest BCUT2D eigenvalue weighted by Gasteiger charge is 2.11. The second-order valence-corrected chi connectivity index (χ2v) is 7.06. The molecule has 0 radical (unpaired) electrons. The third-order valence-electron chi connectivity index (χ3n) is 3.88. The Morgan fingerprint density at radius 3 is 2.69 bits per heavy atom. The number of para-hydroxylation sites is 2. The van der Waals surface area contributed by atoms with E-state index >= 15 is 0 Å². The zero-order chi connectivity index (χ0) is 18.1. The Morgan fingerprint density at radius 1 is 1.00 bits per heavy atom. The summed E-state index contributed by atoms with van der Waals surface area (Å²) in [5, 5.41) is 21.2. The van der Waals surface area contributed by atoms with Gasteiger partial charge in [0.2, 0.25) is 0 Å². The second kappa shape index (κ2) is 6.78. The van der Waals surface area contributed by atoms with Crippen LogP contribution in [0, 0.1) is 0 Å². The molecule has 4 nitrogen and oxygen atoms in total. The highest BCUT2D eigenvalue weighted by atomic mass is 35.5.